The van der Waals surface area contributed by atoms with Crippen LogP contribution in [-0.2, 0) is 0 Å². The summed E-state index contributed by atoms with van der Waals surface area (Å²) in [6.07, 6.45) is 2.77. The summed E-state index contributed by atoms with van der Waals surface area (Å²) in [5, 5.41) is 2.51. The van der Waals surface area contributed by atoms with Gasteiger partial charge >= 0.3 is 0 Å². The monoisotopic (exact) mass is 586 g/mol. The van der Waals surface area contributed by atoms with E-state index in [1.807, 2.05) is 0 Å². The Morgan fingerprint density at radius 2 is 1.67 bits per heavy atom. The molecule has 5 aromatic rings. The Balaban J connectivity index is 1.46. The second-order valence-electron chi connectivity index (χ2n) is 9.33. The van der Waals surface area contributed by atoms with E-state index in [4.69, 9.17) is 14.2 Å². The van der Waals surface area contributed by atoms with E-state index in [0.29, 0.717) is 16.8 Å². The number of amides is 1. The number of rotatable bonds is 8. The molecule has 0 saturated heterocycles. The predicted octanol–water partition coefficient (Wildman–Crippen LogP) is 5.63. The van der Waals surface area contributed by atoms with Crippen LogP contribution in [0, 0.1) is 18.6 Å². The van der Waals surface area contributed by atoms with Crippen LogP contribution in [-0.4, -0.2) is 40.4 Å². The number of hydrogen-bond acceptors (Lipinski definition) is 8. The van der Waals surface area contributed by atoms with Crippen LogP contribution in [0.5, 0.6) is 23.1 Å². The molecule has 0 unspecified atom stereocenters. The van der Waals surface area contributed by atoms with Crippen molar-refractivity contribution in [3.63, 3.8) is 0 Å². The molecule has 0 aliphatic rings. The lowest BCUT2D eigenvalue weighted by Gasteiger charge is -2.15. The van der Waals surface area contributed by atoms with E-state index in [9.17, 15) is 18.8 Å². The number of ketones is 1. The number of anilines is 1. The van der Waals surface area contributed by atoms with E-state index < -0.39 is 23.1 Å². The Hall–Kier alpha value is -5.65. The summed E-state index contributed by atoms with van der Waals surface area (Å²) in [4.78, 5) is 47.6. The summed E-state index contributed by atoms with van der Waals surface area (Å²) in [6, 6.07) is 11.8. The van der Waals surface area contributed by atoms with Crippen LogP contribution < -0.4 is 25.1 Å². The minimum atomic E-state index is -0.861. The number of fused-ring (bicyclic) bond motifs is 1. The Bertz CT molecular complexity index is 1960. The summed E-state index contributed by atoms with van der Waals surface area (Å²) >= 11 is 0. The number of nitrogens with one attached hydrogen (secondary N) is 1. The van der Waals surface area contributed by atoms with Gasteiger partial charge in [-0.1, -0.05) is 0 Å². The highest BCUT2D eigenvalue weighted by atomic mass is 19.1. The van der Waals surface area contributed by atoms with Crippen molar-refractivity contribution in [1.82, 2.24) is 14.5 Å². The Kier molecular flexibility index (Phi) is 7.84. The van der Waals surface area contributed by atoms with E-state index in [2.05, 4.69) is 15.3 Å². The van der Waals surface area contributed by atoms with Crippen molar-refractivity contribution in [2.45, 2.75) is 13.8 Å². The first-order chi connectivity index (χ1) is 20.6. The van der Waals surface area contributed by atoms with E-state index >= 15 is 4.39 Å². The van der Waals surface area contributed by atoms with Crippen molar-refractivity contribution >= 4 is 28.4 Å². The quantitative estimate of drug-likeness (QED) is 0.232. The van der Waals surface area contributed by atoms with Crippen LogP contribution in [0.2, 0.25) is 0 Å². The number of Topliss-reactive ketones (excluding diaryl/α,β-unsaturated/α-hetero) is 1. The number of hydrogen-bond donors (Lipinski definition) is 1. The fourth-order valence-corrected chi connectivity index (χ4v) is 4.48. The van der Waals surface area contributed by atoms with Crippen molar-refractivity contribution in [3.8, 4) is 28.8 Å². The molecule has 0 atom stereocenters. The summed E-state index contributed by atoms with van der Waals surface area (Å²) in [5.41, 5.74) is 0.218. The lowest BCUT2D eigenvalue weighted by atomic mass is 10.0. The van der Waals surface area contributed by atoms with Gasteiger partial charge in [0.1, 0.15) is 16.9 Å². The molecule has 0 saturated carbocycles. The molecule has 2 aromatic carbocycles. The molecule has 0 bridgehead atoms. The first kappa shape index (κ1) is 28.9. The van der Waals surface area contributed by atoms with Crippen molar-refractivity contribution in [3.05, 3.63) is 106 Å². The zero-order valence-corrected chi connectivity index (χ0v) is 23.4. The third-order valence-corrected chi connectivity index (χ3v) is 6.61. The molecule has 0 aliphatic heterocycles. The van der Waals surface area contributed by atoms with Gasteiger partial charge in [0.25, 0.3) is 17.3 Å². The summed E-state index contributed by atoms with van der Waals surface area (Å²) in [6.45, 7) is 2.77. The third-order valence-electron chi connectivity index (χ3n) is 6.61. The van der Waals surface area contributed by atoms with Gasteiger partial charge in [0.05, 0.1) is 19.7 Å². The number of carbonyl (C=O) groups excluding carboxylic acids is 2. The van der Waals surface area contributed by atoms with Crippen LogP contribution in [0.3, 0.4) is 0 Å². The normalized spacial score (nSPS) is 10.8. The van der Waals surface area contributed by atoms with Gasteiger partial charge in [-0.2, -0.15) is 0 Å². The van der Waals surface area contributed by atoms with Crippen molar-refractivity contribution in [1.29, 1.82) is 0 Å². The van der Waals surface area contributed by atoms with Crippen LogP contribution >= 0.6 is 0 Å². The second kappa shape index (κ2) is 11.7. The lowest BCUT2D eigenvalue weighted by Crippen LogP contribution is -2.31. The largest absolute Gasteiger partial charge is 0.491 e. The van der Waals surface area contributed by atoms with Gasteiger partial charge < -0.3 is 19.5 Å². The average Bonchev–Trinajstić information content (AvgIpc) is 2.98. The Morgan fingerprint density at radius 3 is 2.33 bits per heavy atom. The molecule has 218 valence electrons. The maximum absolute atomic E-state index is 15.2. The highest BCUT2D eigenvalue weighted by molar-refractivity contribution is 6.07. The Morgan fingerprint density at radius 1 is 0.930 bits per heavy atom. The van der Waals surface area contributed by atoms with Crippen molar-refractivity contribution in [2.24, 2.45) is 0 Å². The summed E-state index contributed by atoms with van der Waals surface area (Å²) in [7, 11) is 2.89. The first-order valence-corrected chi connectivity index (χ1v) is 12.8. The summed E-state index contributed by atoms with van der Waals surface area (Å²) < 4.78 is 46.1. The number of benzene rings is 2. The standard InChI is InChI=1S/C31H24F2N4O6/c1-16-21(17(2)38)15-37(20-8-5-18(32)6-9-20)31(40)27(16)29(39)35-19-7-10-24(22(33)13-19)43-25-11-12-34-23-14-26(41-3)30(42-4)36-28(23)25/h5-15H,1-4H3,(H,35,39). The van der Waals surface area contributed by atoms with Crippen molar-refractivity contribution < 1.29 is 32.6 Å². The maximum Gasteiger partial charge on any atom is 0.268 e. The van der Waals surface area contributed by atoms with Crippen molar-refractivity contribution in [2.75, 3.05) is 19.5 Å². The minimum absolute atomic E-state index is 0.0272. The highest BCUT2D eigenvalue weighted by Gasteiger charge is 2.22. The first-order valence-electron chi connectivity index (χ1n) is 12.8. The van der Waals surface area contributed by atoms with Gasteiger partial charge in [-0.15, -0.1) is 0 Å². The van der Waals surface area contributed by atoms with Crippen LogP contribution in [0.15, 0.2) is 71.8 Å². The molecule has 0 aliphatic carbocycles. The van der Waals surface area contributed by atoms with Gasteiger partial charge in [-0.05, 0) is 55.8 Å². The molecule has 0 spiro atoms. The molecule has 3 aromatic heterocycles. The van der Waals surface area contributed by atoms with E-state index in [1.165, 1.54) is 70.8 Å². The fourth-order valence-electron chi connectivity index (χ4n) is 4.48. The van der Waals surface area contributed by atoms with Crippen LogP contribution in [0.1, 0.15) is 33.2 Å². The zero-order valence-electron chi connectivity index (χ0n) is 23.4. The molecular formula is C31H24F2N4O6. The maximum atomic E-state index is 15.2. The van der Waals surface area contributed by atoms with E-state index in [-0.39, 0.29) is 51.2 Å². The number of pyridine rings is 3. The molecule has 3 heterocycles. The number of halogens is 2. The molecule has 12 heteroatoms. The third kappa shape index (κ3) is 5.62. The minimum Gasteiger partial charge on any atom is -0.491 e. The number of methoxy groups -OCH3 is 2. The van der Waals surface area contributed by atoms with E-state index in [0.717, 1.165) is 22.8 Å². The zero-order chi connectivity index (χ0) is 30.8. The number of ether oxygens (including phenoxy) is 3. The smallest absolute Gasteiger partial charge is 0.268 e. The molecule has 1 N–H and O–H groups in total. The van der Waals surface area contributed by atoms with Crippen LogP contribution in [0.25, 0.3) is 16.7 Å². The molecule has 1 amide bonds. The number of nitrogens with zero attached hydrogens (tertiary/aromatic N) is 3. The fraction of sp³-hybridized carbons (Fsp3) is 0.129. The summed E-state index contributed by atoms with van der Waals surface area (Å²) in [5.74, 6) is -2.01. The predicted molar refractivity (Wildman–Crippen MR) is 154 cm³/mol. The van der Waals surface area contributed by atoms with Gasteiger partial charge in [0.2, 0.25) is 0 Å². The van der Waals surface area contributed by atoms with E-state index in [1.54, 1.807) is 6.07 Å². The van der Waals surface area contributed by atoms with Crippen LogP contribution in [0.4, 0.5) is 14.5 Å². The lowest BCUT2D eigenvalue weighted by molar-refractivity contribution is 0.101. The molecule has 0 fully saturated rings. The topological polar surface area (TPSA) is 122 Å². The second-order valence-corrected chi connectivity index (χ2v) is 9.33. The molecule has 0 radical (unpaired) electrons. The molecule has 43 heavy (non-hydrogen) atoms. The average molecular weight is 587 g/mol. The molecule has 10 nitrogen and oxygen atoms in total. The van der Waals surface area contributed by atoms with Gasteiger partial charge in [-0.25, -0.2) is 13.8 Å². The SMILES string of the molecule is COc1cc2nccc(Oc3ccc(NC(=O)c4c(C)c(C(C)=O)cn(-c5ccc(F)cc5)c4=O)cc3F)c2nc1OC. The van der Waals surface area contributed by atoms with Gasteiger partial charge in [-0.3, -0.25) is 23.9 Å². The highest BCUT2D eigenvalue weighted by Crippen LogP contribution is 2.35. The Labute approximate surface area is 243 Å². The van der Waals surface area contributed by atoms with Gasteiger partial charge in [0.15, 0.2) is 28.8 Å². The number of carbonyl (C=O) groups is 2. The molecular weight excluding hydrogens is 562 g/mol. The number of aromatic nitrogens is 3. The van der Waals surface area contributed by atoms with Gasteiger partial charge in [0, 0.05) is 47.5 Å². The molecule has 5 rings (SSSR count).